The Morgan fingerprint density at radius 3 is 2.50 bits per heavy atom. The molecule has 0 atom stereocenters. The normalized spacial score (nSPS) is 10.3. The van der Waals surface area contributed by atoms with Gasteiger partial charge in [0.05, 0.1) is 13.7 Å². The van der Waals surface area contributed by atoms with Gasteiger partial charge in [0.15, 0.2) is 0 Å². The van der Waals surface area contributed by atoms with Crippen molar-refractivity contribution in [2.75, 3.05) is 13.7 Å². The van der Waals surface area contributed by atoms with E-state index >= 15 is 0 Å². The summed E-state index contributed by atoms with van der Waals surface area (Å²) >= 11 is 0. The summed E-state index contributed by atoms with van der Waals surface area (Å²) in [4.78, 5) is 0. The molecule has 0 spiro atoms. The summed E-state index contributed by atoms with van der Waals surface area (Å²) in [5.41, 5.74) is 0.565. The zero-order chi connectivity index (χ0) is 10.6. The van der Waals surface area contributed by atoms with Crippen LogP contribution in [0.15, 0.2) is 18.2 Å². The molecule has 74 valence electrons. The molecule has 0 aliphatic heterocycles. The van der Waals surface area contributed by atoms with Crippen LogP contribution >= 0.6 is 0 Å². The summed E-state index contributed by atoms with van der Waals surface area (Å²) < 4.78 is 10.6. The van der Waals surface area contributed by atoms with Crippen molar-refractivity contribution in [3.8, 4) is 11.5 Å². The first-order valence-electron chi connectivity index (χ1n) is 4.70. The van der Waals surface area contributed by atoms with Crippen molar-refractivity contribution in [2.45, 2.75) is 13.8 Å². The van der Waals surface area contributed by atoms with Crippen molar-refractivity contribution >= 4 is 13.3 Å². The second-order valence-electron chi connectivity index (χ2n) is 3.58. The van der Waals surface area contributed by atoms with E-state index in [-0.39, 0.29) is 0 Å². The van der Waals surface area contributed by atoms with Crippen molar-refractivity contribution in [1.82, 2.24) is 0 Å². The van der Waals surface area contributed by atoms with Gasteiger partial charge in [0.1, 0.15) is 19.3 Å². The molecule has 0 aliphatic carbocycles. The summed E-state index contributed by atoms with van der Waals surface area (Å²) in [6, 6.07) is 5.53. The largest absolute Gasteiger partial charge is 0.497 e. The molecule has 2 nitrogen and oxygen atoms in total. The monoisotopic (exact) mass is 190 g/mol. The highest BCUT2D eigenvalue weighted by atomic mass is 16.5. The Hall–Kier alpha value is -1.12. The minimum absolute atomic E-state index is 0.487. The quantitative estimate of drug-likeness (QED) is 0.670. The maximum absolute atomic E-state index is 5.83. The van der Waals surface area contributed by atoms with E-state index in [4.69, 9.17) is 17.3 Å². The lowest BCUT2D eigenvalue weighted by molar-refractivity contribution is 0.272. The van der Waals surface area contributed by atoms with Crippen molar-refractivity contribution in [3.05, 3.63) is 18.2 Å². The summed E-state index contributed by atoms with van der Waals surface area (Å²) in [5.74, 6) is 1.84. The molecule has 1 aromatic carbocycles. The van der Waals surface area contributed by atoms with Gasteiger partial charge in [0.2, 0.25) is 0 Å². The molecule has 0 fully saturated rings. The summed E-state index contributed by atoms with van der Waals surface area (Å²) in [6.45, 7) is 4.85. The van der Waals surface area contributed by atoms with Crippen molar-refractivity contribution < 1.29 is 9.47 Å². The highest BCUT2D eigenvalue weighted by Crippen LogP contribution is 2.15. The number of rotatable bonds is 4. The third-order valence-electron chi connectivity index (χ3n) is 1.82. The fraction of sp³-hybridized carbons (Fsp3) is 0.455. The Morgan fingerprint density at radius 2 is 1.93 bits per heavy atom. The van der Waals surface area contributed by atoms with Crippen molar-refractivity contribution in [2.24, 2.45) is 5.92 Å². The molecule has 1 rings (SSSR count). The van der Waals surface area contributed by atoms with Crippen LogP contribution in [-0.4, -0.2) is 21.6 Å². The van der Waals surface area contributed by atoms with E-state index in [0.717, 1.165) is 0 Å². The van der Waals surface area contributed by atoms with Gasteiger partial charge < -0.3 is 9.47 Å². The van der Waals surface area contributed by atoms with E-state index in [1.807, 2.05) is 18.2 Å². The van der Waals surface area contributed by atoms with Gasteiger partial charge in [-0.05, 0) is 23.5 Å². The number of hydrogen-bond donors (Lipinski definition) is 0. The van der Waals surface area contributed by atoms with Gasteiger partial charge >= 0.3 is 0 Å². The molecule has 0 saturated carbocycles. The first kappa shape index (κ1) is 11.0. The predicted molar refractivity (Wildman–Crippen MR) is 58.7 cm³/mol. The van der Waals surface area contributed by atoms with Crippen LogP contribution in [0.25, 0.3) is 0 Å². The Labute approximate surface area is 86.6 Å². The van der Waals surface area contributed by atoms with Crippen molar-refractivity contribution in [3.63, 3.8) is 0 Å². The third-order valence-corrected chi connectivity index (χ3v) is 1.82. The standard InChI is InChI=1S/C11H15BO2/c1-8(2)7-14-10-6-4-5-9(13-3)11(10)12/h4-6,8H,7H2,1-3H3. The van der Waals surface area contributed by atoms with E-state index in [0.29, 0.717) is 29.5 Å². The topological polar surface area (TPSA) is 18.5 Å². The second-order valence-corrected chi connectivity index (χ2v) is 3.58. The fourth-order valence-corrected chi connectivity index (χ4v) is 1.08. The SMILES string of the molecule is [B]c1c(OC)cccc1OCC(C)C. The van der Waals surface area contributed by atoms with Crippen LogP contribution in [0.3, 0.4) is 0 Å². The zero-order valence-electron chi connectivity index (χ0n) is 8.91. The molecule has 0 amide bonds. The van der Waals surface area contributed by atoms with E-state index in [9.17, 15) is 0 Å². The molecule has 0 bridgehead atoms. The molecule has 1 aromatic rings. The molecule has 0 unspecified atom stereocenters. The summed E-state index contributed by atoms with van der Waals surface area (Å²) in [7, 11) is 7.43. The van der Waals surface area contributed by atoms with Gasteiger partial charge in [0, 0.05) is 0 Å². The van der Waals surface area contributed by atoms with Crippen LogP contribution < -0.4 is 14.9 Å². The van der Waals surface area contributed by atoms with Gasteiger partial charge in [-0.25, -0.2) is 0 Å². The minimum Gasteiger partial charge on any atom is -0.497 e. The maximum Gasteiger partial charge on any atom is 0.124 e. The van der Waals surface area contributed by atoms with Crippen LogP contribution in [0.1, 0.15) is 13.8 Å². The van der Waals surface area contributed by atoms with E-state index in [1.54, 1.807) is 7.11 Å². The zero-order valence-corrected chi connectivity index (χ0v) is 8.91. The molecule has 3 heteroatoms. The third kappa shape index (κ3) is 2.69. The van der Waals surface area contributed by atoms with Gasteiger partial charge in [-0.3, -0.25) is 0 Å². The molecule has 14 heavy (non-hydrogen) atoms. The second kappa shape index (κ2) is 4.94. The van der Waals surface area contributed by atoms with Gasteiger partial charge in [-0.15, -0.1) is 0 Å². The van der Waals surface area contributed by atoms with Gasteiger partial charge in [0.25, 0.3) is 0 Å². The molecule has 2 radical (unpaired) electrons. The number of ether oxygens (including phenoxy) is 2. The fourth-order valence-electron chi connectivity index (χ4n) is 1.08. The molecule has 0 aromatic heterocycles. The Morgan fingerprint density at radius 1 is 1.29 bits per heavy atom. The molecular formula is C11H15BO2. The Kier molecular flexibility index (Phi) is 3.87. The van der Waals surface area contributed by atoms with E-state index < -0.39 is 0 Å². The first-order chi connectivity index (χ1) is 6.65. The van der Waals surface area contributed by atoms with E-state index in [1.165, 1.54) is 0 Å². The summed E-state index contributed by atoms with van der Waals surface area (Å²) in [5, 5.41) is 0. The Balaban J connectivity index is 2.76. The van der Waals surface area contributed by atoms with Crippen LogP contribution in [0.5, 0.6) is 11.5 Å². The maximum atomic E-state index is 5.83. The average Bonchev–Trinajstić information content (AvgIpc) is 2.16. The number of methoxy groups -OCH3 is 1. The van der Waals surface area contributed by atoms with E-state index in [2.05, 4.69) is 13.8 Å². The number of hydrogen-bond acceptors (Lipinski definition) is 2. The first-order valence-corrected chi connectivity index (χ1v) is 4.70. The smallest absolute Gasteiger partial charge is 0.124 e. The van der Waals surface area contributed by atoms with Crippen LogP contribution in [0, 0.1) is 5.92 Å². The summed E-state index contributed by atoms with van der Waals surface area (Å²) in [6.07, 6.45) is 0. The van der Waals surface area contributed by atoms with Crippen LogP contribution in [0.2, 0.25) is 0 Å². The van der Waals surface area contributed by atoms with Gasteiger partial charge in [-0.2, -0.15) is 0 Å². The molecule has 0 N–H and O–H groups in total. The minimum atomic E-state index is 0.487. The highest BCUT2D eigenvalue weighted by Gasteiger charge is 2.04. The highest BCUT2D eigenvalue weighted by molar-refractivity contribution is 6.36. The van der Waals surface area contributed by atoms with Crippen molar-refractivity contribution in [1.29, 1.82) is 0 Å². The molecule has 0 aliphatic rings. The molecular weight excluding hydrogens is 175 g/mol. The lowest BCUT2D eigenvalue weighted by Crippen LogP contribution is -2.14. The van der Waals surface area contributed by atoms with Gasteiger partial charge in [-0.1, -0.05) is 19.9 Å². The predicted octanol–water partition coefficient (Wildman–Crippen LogP) is 1.52. The molecule has 0 heterocycles. The lowest BCUT2D eigenvalue weighted by Gasteiger charge is -2.13. The van der Waals surface area contributed by atoms with Crippen LogP contribution in [-0.2, 0) is 0 Å². The average molecular weight is 190 g/mol. The lowest BCUT2D eigenvalue weighted by atomic mass is 9.94. The molecule has 0 saturated heterocycles. The van der Waals surface area contributed by atoms with Crippen LogP contribution in [0.4, 0.5) is 0 Å². The Bertz CT molecular complexity index is 297. The number of benzene rings is 1.